The highest BCUT2D eigenvalue weighted by atomic mass is 28.4. The van der Waals surface area contributed by atoms with Gasteiger partial charge in [-0.2, -0.15) is 13.2 Å². The summed E-state index contributed by atoms with van der Waals surface area (Å²) < 4.78 is 87.7. The van der Waals surface area contributed by atoms with Crippen LogP contribution in [0, 0.1) is 17.5 Å². The van der Waals surface area contributed by atoms with E-state index in [1.165, 1.54) is 20.8 Å². The molecule has 0 bridgehead atoms. The van der Waals surface area contributed by atoms with Crippen LogP contribution in [0.3, 0.4) is 0 Å². The third-order valence-electron chi connectivity index (χ3n) is 3.20. The van der Waals surface area contributed by atoms with Gasteiger partial charge in [-0.25, -0.2) is 8.78 Å². The highest BCUT2D eigenvalue weighted by Crippen LogP contribution is 2.36. The molecule has 0 saturated heterocycles. The first-order valence-corrected chi connectivity index (χ1v) is 10.0. The molecule has 0 aliphatic rings. The Morgan fingerprint density at radius 1 is 0.828 bits per heavy atom. The van der Waals surface area contributed by atoms with Gasteiger partial charge in [0.15, 0.2) is 17.4 Å². The molecule has 0 aromatic heterocycles. The molecule has 0 aliphatic heterocycles. The summed E-state index contributed by atoms with van der Waals surface area (Å²) in [4.78, 5) is 35.1. The van der Waals surface area contributed by atoms with Crippen molar-refractivity contribution in [2.24, 2.45) is 0 Å². The Hall–Kier alpha value is -2.70. The predicted molar refractivity (Wildman–Crippen MR) is 86.8 cm³/mol. The van der Waals surface area contributed by atoms with E-state index in [9.17, 15) is 36.3 Å². The number of hydrogen-bond acceptors (Lipinski definition) is 7. The van der Waals surface area contributed by atoms with Gasteiger partial charge in [0.1, 0.15) is 0 Å². The highest BCUT2D eigenvalue weighted by molar-refractivity contribution is 6.67. The maximum Gasteiger partial charge on any atom is 0.826 e. The molecular weight excluding hydrogens is 427 g/mol. The molecule has 0 heterocycles. The molecule has 0 radical (unpaired) electrons. The first-order chi connectivity index (χ1) is 13.4. The van der Waals surface area contributed by atoms with Gasteiger partial charge in [0.2, 0.25) is 5.82 Å². The third-order valence-corrected chi connectivity index (χ3v) is 5.51. The monoisotopic (exact) mass is 444 g/mol. The average Bonchev–Trinajstić information content (AvgIpc) is 2.67. The fraction of sp³-hybridized carbons (Fsp3) is 0.438. The van der Waals surface area contributed by atoms with Crippen molar-refractivity contribution >= 4 is 26.7 Å². The van der Waals surface area contributed by atoms with Crippen LogP contribution in [0.15, 0.2) is 12.1 Å². The number of benzene rings is 1. The van der Waals surface area contributed by atoms with Gasteiger partial charge in [-0.3, -0.25) is 14.4 Å². The molecule has 1 aromatic rings. The topological polar surface area (TPSA) is 88.1 Å². The Balaban J connectivity index is 3.52. The van der Waals surface area contributed by atoms with E-state index >= 15 is 0 Å². The summed E-state index contributed by atoms with van der Waals surface area (Å²) in [5.41, 5.74) is -4.93. The first-order valence-electron chi connectivity index (χ1n) is 8.28. The number of hydrogen-bond donors (Lipinski definition) is 0. The lowest BCUT2D eigenvalue weighted by molar-refractivity contribution is -0.187. The van der Waals surface area contributed by atoms with Crippen LogP contribution < -0.4 is 4.74 Å². The summed E-state index contributed by atoms with van der Waals surface area (Å²) in [6.45, 7) is 3.62. The summed E-state index contributed by atoms with van der Waals surface area (Å²) >= 11 is 0. The van der Waals surface area contributed by atoms with Crippen LogP contribution in [0.2, 0.25) is 0 Å². The number of halogens is 5. The number of carbonyl (C=O) groups excluding carboxylic acids is 3. The normalized spacial score (nSPS) is 11.6. The average molecular weight is 444 g/mol. The van der Waals surface area contributed by atoms with E-state index in [0.717, 1.165) is 0 Å². The third kappa shape index (κ3) is 5.65. The molecule has 0 unspecified atom stereocenters. The second kappa shape index (κ2) is 9.67. The molecule has 162 valence electrons. The summed E-state index contributed by atoms with van der Waals surface area (Å²) in [6.07, 6.45) is -1.47. The van der Waals surface area contributed by atoms with Gasteiger partial charge in [-0.1, -0.05) is 20.8 Å². The van der Waals surface area contributed by atoms with Crippen molar-refractivity contribution < 1.29 is 54.4 Å². The standard InChI is InChI=1S/C16H17F5O7Si/c1-4-11(22)26-29(27-12(23)5-2,28-13(24)6-3)16(20,21)25-10-8-7-9(17)14(18)15(10)19/h7-8H,4-6H2,1-3H3. The molecule has 0 saturated carbocycles. The van der Waals surface area contributed by atoms with Crippen molar-refractivity contribution in [2.45, 2.75) is 45.8 Å². The molecule has 13 heteroatoms. The quantitative estimate of drug-likeness (QED) is 0.328. The number of carbonyl (C=O) groups is 3. The molecule has 0 spiro atoms. The lowest BCUT2D eigenvalue weighted by Gasteiger charge is -2.32. The Kier molecular flexibility index (Phi) is 8.11. The van der Waals surface area contributed by atoms with E-state index in [1.807, 2.05) is 0 Å². The Morgan fingerprint density at radius 2 is 1.24 bits per heavy atom. The predicted octanol–water partition coefficient (Wildman–Crippen LogP) is 3.41. The molecule has 0 atom stereocenters. The number of alkyl halides is 2. The first kappa shape index (κ1) is 24.3. The zero-order valence-electron chi connectivity index (χ0n) is 15.5. The van der Waals surface area contributed by atoms with Gasteiger partial charge in [0.05, 0.1) is 0 Å². The molecular formula is C16H17F5O7Si. The Morgan fingerprint density at radius 3 is 1.62 bits per heavy atom. The minimum Gasteiger partial charge on any atom is -0.450 e. The van der Waals surface area contributed by atoms with Crippen molar-refractivity contribution in [1.29, 1.82) is 0 Å². The zero-order valence-corrected chi connectivity index (χ0v) is 16.5. The number of ether oxygens (including phenoxy) is 1. The van der Waals surface area contributed by atoms with Gasteiger partial charge in [0.25, 0.3) is 17.9 Å². The summed E-state index contributed by atoms with van der Waals surface area (Å²) in [6, 6.07) is 0.618. The molecule has 7 nitrogen and oxygen atoms in total. The van der Waals surface area contributed by atoms with E-state index in [1.54, 1.807) is 0 Å². The zero-order chi connectivity index (χ0) is 22.4. The van der Waals surface area contributed by atoms with Gasteiger partial charge in [-0.05, 0) is 12.1 Å². The van der Waals surface area contributed by atoms with Crippen molar-refractivity contribution in [3.63, 3.8) is 0 Å². The summed E-state index contributed by atoms with van der Waals surface area (Å²) in [5, 5.41) is 0. The molecule has 0 amide bonds. The van der Waals surface area contributed by atoms with Crippen LogP contribution in [0.4, 0.5) is 22.0 Å². The van der Waals surface area contributed by atoms with Crippen molar-refractivity contribution in [3.8, 4) is 5.75 Å². The lowest BCUT2D eigenvalue weighted by Crippen LogP contribution is -2.66. The number of rotatable bonds is 9. The van der Waals surface area contributed by atoms with Gasteiger partial charge < -0.3 is 18.0 Å². The minimum absolute atomic E-state index is 0.293. The van der Waals surface area contributed by atoms with E-state index in [0.29, 0.717) is 12.1 Å². The highest BCUT2D eigenvalue weighted by Gasteiger charge is 2.78. The summed E-state index contributed by atoms with van der Waals surface area (Å²) in [7, 11) is -6.00. The molecule has 0 N–H and O–H groups in total. The Bertz CT molecular complexity index is 742. The van der Waals surface area contributed by atoms with Gasteiger partial charge >= 0.3 is 14.5 Å². The van der Waals surface area contributed by atoms with Crippen LogP contribution in [-0.4, -0.2) is 32.4 Å². The SMILES string of the molecule is CCC(=O)O[Si](OC(=O)CC)(OC(=O)CC)C(F)(F)Oc1ccc(F)c(F)c1F. The lowest BCUT2D eigenvalue weighted by atomic mass is 10.3. The maximum absolute atomic E-state index is 15.0. The van der Waals surface area contributed by atoms with E-state index in [2.05, 4.69) is 18.0 Å². The van der Waals surface area contributed by atoms with Crippen molar-refractivity contribution in [3.05, 3.63) is 29.6 Å². The minimum atomic E-state index is -6.00. The van der Waals surface area contributed by atoms with Gasteiger partial charge in [-0.15, -0.1) is 0 Å². The second-order valence-electron chi connectivity index (χ2n) is 5.33. The molecule has 0 aliphatic carbocycles. The van der Waals surface area contributed by atoms with Crippen LogP contribution in [0.5, 0.6) is 5.75 Å². The Labute approximate surface area is 163 Å². The molecule has 29 heavy (non-hydrogen) atoms. The molecule has 1 rings (SSSR count). The van der Waals surface area contributed by atoms with E-state index in [-0.39, 0.29) is 0 Å². The molecule has 0 fully saturated rings. The van der Waals surface area contributed by atoms with Crippen molar-refractivity contribution in [1.82, 2.24) is 0 Å². The van der Waals surface area contributed by atoms with Crippen LogP contribution in [0.25, 0.3) is 0 Å². The second-order valence-corrected chi connectivity index (χ2v) is 7.64. The van der Waals surface area contributed by atoms with Crippen LogP contribution in [-0.2, 0) is 27.7 Å². The van der Waals surface area contributed by atoms with Gasteiger partial charge in [0, 0.05) is 19.3 Å². The smallest absolute Gasteiger partial charge is 0.450 e. The van der Waals surface area contributed by atoms with E-state index in [4.69, 9.17) is 0 Å². The fourth-order valence-electron chi connectivity index (χ4n) is 1.69. The largest absolute Gasteiger partial charge is 0.826 e. The maximum atomic E-state index is 15.0. The van der Waals surface area contributed by atoms with Crippen LogP contribution >= 0.6 is 0 Å². The van der Waals surface area contributed by atoms with Crippen LogP contribution in [0.1, 0.15) is 40.0 Å². The van der Waals surface area contributed by atoms with Crippen molar-refractivity contribution in [2.75, 3.05) is 0 Å². The summed E-state index contributed by atoms with van der Waals surface area (Å²) in [5.74, 6) is -11.5. The molecule has 1 aromatic carbocycles. The van der Waals surface area contributed by atoms with E-state index < -0.39 is 74.9 Å². The fourth-order valence-corrected chi connectivity index (χ4v) is 3.74.